The molecule has 0 aliphatic carbocycles. The van der Waals surface area contributed by atoms with Crippen molar-refractivity contribution >= 4 is 52.5 Å². The molecule has 0 atom stereocenters. The van der Waals surface area contributed by atoms with Crippen LogP contribution in [0.15, 0.2) is 54.6 Å². The van der Waals surface area contributed by atoms with Gasteiger partial charge in [0.25, 0.3) is 0 Å². The van der Waals surface area contributed by atoms with Crippen molar-refractivity contribution in [3.8, 4) is 0 Å². The molecule has 0 unspecified atom stereocenters. The lowest BCUT2D eigenvalue weighted by atomic mass is 10.1. The SMILES string of the molecule is O=C(O)C=CC(=O)Nc1ccc(C(=O)OCC(=O)c2ccc(Cl)cc2Cl)cc1. The first kappa shape index (κ1) is 21.1. The van der Waals surface area contributed by atoms with Crippen LogP contribution in [0.5, 0.6) is 0 Å². The predicted octanol–water partition coefficient (Wildman–Crippen LogP) is 3.61. The summed E-state index contributed by atoms with van der Waals surface area (Å²) in [4.78, 5) is 46.0. The number of hydrogen-bond acceptors (Lipinski definition) is 5. The van der Waals surface area contributed by atoms with Gasteiger partial charge in [-0.25, -0.2) is 9.59 Å². The van der Waals surface area contributed by atoms with Crippen molar-refractivity contribution in [2.24, 2.45) is 0 Å². The molecule has 0 bridgehead atoms. The zero-order chi connectivity index (χ0) is 20.7. The minimum atomic E-state index is -1.25. The smallest absolute Gasteiger partial charge is 0.338 e. The maximum Gasteiger partial charge on any atom is 0.338 e. The van der Waals surface area contributed by atoms with Gasteiger partial charge in [0, 0.05) is 28.4 Å². The summed E-state index contributed by atoms with van der Waals surface area (Å²) in [7, 11) is 0. The van der Waals surface area contributed by atoms with Crippen LogP contribution in [0.2, 0.25) is 10.0 Å². The number of nitrogens with one attached hydrogen (secondary N) is 1. The molecule has 0 saturated carbocycles. The van der Waals surface area contributed by atoms with Crippen LogP contribution in [-0.2, 0) is 14.3 Å². The van der Waals surface area contributed by atoms with Crippen molar-refractivity contribution in [1.29, 1.82) is 0 Å². The summed E-state index contributed by atoms with van der Waals surface area (Å²) in [5, 5.41) is 11.4. The Hall–Kier alpha value is -3.16. The Labute approximate surface area is 169 Å². The lowest BCUT2D eigenvalue weighted by molar-refractivity contribution is -0.131. The van der Waals surface area contributed by atoms with Gasteiger partial charge < -0.3 is 15.2 Å². The fraction of sp³-hybridized carbons (Fsp3) is 0.0526. The summed E-state index contributed by atoms with van der Waals surface area (Å²) in [6.45, 7) is -0.501. The summed E-state index contributed by atoms with van der Waals surface area (Å²) < 4.78 is 4.97. The molecule has 9 heteroatoms. The molecule has 1 amide bonds. The maximum absolute atomic E-state index is 12.1. The molecule has 2 rings (SSSR count). The summed E-state index contributed by atoms with van der Waals surface area (Å²) in [6, 6.07) is 9.99. The number of ether oxygens (including phenoxy) is 1. The first-order valence-electron chi connectivity index (χ1n) is 7.73. The van der Waals surface area contributed by atoms with Gasteiger partial charge in [-0.1, -0.05) is 23.2 Å². The summed E-state index contributed by atoms with van der Waals surface area (Å²) >= 11 is 11.7. The Bertz CT molecular complexity index is 953. The zero-order valence-corrected chi connectivity index (χ0v) is 15.7. The highest BCUT2D eigenvalue weighted by molar-refractivity contribution is 6.36. The van der Waals surface area contributed by atoms with Crippen molar-refractivity contribution in [3.05, 3.63) is 75.8 Å². The van der Waals surface area contributed by atoms with Gasteiger partial charge in [-0.05, 0) is 42.5 Å². The number of anilines is 1. The van der Waals surface area contributed by atoms with Gasteiger partial charge in [0.2, 0.25) is 11.7 Å². The van der Waals surface area contributed by atoms with Crippen molar-refractivity contribution in [2.45, 2.75) is 0 Å². The van der Waals surface area contributed by atoms with E-state index < -0.39 is 30.2 Å². The Balaban J connectivity index is 1.93. The number of aliphatic carboxylic acids is 1. The number of carbonyl (C=O) groups is 4. The number of carbonyl (C=O) groups excluding carboxylic acids is 3. The summed E-state index contributed by atoms with van der Waals surface area (Å²) in [6.07, 6.45) is 1.56. The van der Waals surface area contributed by atoms with Crippen LogP contribution in [0.3, 0.4) is 0 Å². The van der Waals surface area contributed by atoms with Crippen LogP contribution in [-0.4, -0.2) is 35.3 Å². The van der Waals surface area contributed by atoms with E-state index in [-0.39, 0.29) is 16.1 Å². The second-order valence-electron chi connectivity index (χ2n) is 5.36. The van der Waals surface area contributed by atoms with Gasteiger partial charge >= 0.3 is 11.9 Å². The normalized spacial score (nSPS) is 10.5. The highest BCUT2D eigenvalue weighted by Crippen LogP contribution is 2.21. The highest BCUT2D eigenvalue weighted by Gasteiger charge is 2.15. The molecule has 0 radical (unpaired) electrons. The van der Waals surface area contributed by atoms with Gasteiger partial charge in [0.05, 0.1) is 10.6 Å². The van der Waals surface area contributed by atoms with Gasteiger partial charge in [0.15, 0.2) is 6.61 Å². The third-order valence-electron chi connectivity index (χ3n) is 3.33. The minimum Gasteiger partial charge on any atom is -0.478 e. The minimum absolute atomic E-state index is 0.158. The Morgan fingerprint density at radius 3 is 2.29 bits per heavy atom. The van der Waals surface area contributed by atoms with Crippen LogP contribution >= 0.6 is 23.2 Å². The molecule has 0 saturated heterocycles. The van der Waals surface area contributed by atoms with E-state index in [0.717, 1.165) is 6.08 Å². The third-order valence-corrected chi connectivity index (χ3v) is 3.88. The Kier molecular flexibility index (Phi) is 7.31. The lowest BCUT2D eigenvalue weighted by Crippen LogP contribution is -2.15. The zero-order valence-electron chi connectivity index (χ0n) is 14.1. The number of benzene rings is 2. The summed E-state index contributed by atoms with van der Waals surface area (Å²) in [5.74, 6) is -3.10. The molecule has 2 N–H and O–H groups in total. The van der Waals surface area contributed by atoms with E-state index in [0.29, 0.717) is 16.8 Å². The molecule has 2 aromatic carbocycles. The van der Waals surface area contributed by atoms with Crippen molar-refractivity contribution in [1.82, 2.24) is 0 Å². The van der Waals surface area contributed by atoms with Gasteiger partial charge in [0.1, 0.15) is 0 Å². The van der Waals surface area contributed by atoms with Gasteiger partial charge in [-0.2, -0.15) is 0 Å². The topological polar surface area (TPSA) is 110 Å². The molecule has 28 heavy (non-hydrogen) atoms. The van der Waals surface area contributed by atoms with Crippen LogP contribution in [0.1, 0.15) is 20.7 Å². The molecule has 0 aromatic heterocycles. The molecule has 7 nitrogen and oxygen atoms in total. The molecular weight excluding hydrogens is 409 g/mol. The second kappa shape index (κ2) is 9.68. The first-order chi connectivity index (χ1) is 13.3. The average molecular weight is 422 g/mol. The quantitative estimate of drug-likeness (QED) is 0.401. The lowest BCUT2D eigenvalue weighted by Gasteiger charge is -2.07. The van der Waals surface area contributed by atoms with Crippen LogP contribution in [0.25, 0.3) is 0 Å². The van der Waals surface area contributed by atoms with E-state index in [1.165, 1.54) is 42.5 Å². The number of esters is 1. The number of rotatable bonds is 7. The molecule has 2 aromatic rings. The Morgan fingerprint density at radius 1 is 1.00 bits per heavy atom. The predicted molar refractivity (Wildman–Crippen MR) is 103 cm³/mol. The molecule has 0 spiro atoms. The number of carboxylic acids is 1. The van der Waals surface area contributed by atoms with Crippen LogP contribution in [0.4, 0.5) is 5.69 Å². The van der Waals surface area contributed by atoms with E-state index in [1.807, 2.05) is 0 Å². The molecule has 0 aliphatic heterocycles. The van der Waals surface area contributed by atoms with E-state index in [2.05, 4.69) is 5.32 Å². The largest absolute Gasteiger partial charge is 0.478 e. The maximum atomic E-state index is 12.1. The van der Waals surface area contributed by atoms with Crippen molar-refractivity contribution in [2.75, 3.05) is 11.9 Å². The van der Waals surface area contributed by atoms with Crippen LogP contribution < -0.4 is 5.32 Å². The fourth-order valence-corrected chi connectivity index (χ4v) is 2.54. The molecule has 0 fully saturated rings. The van der Waals surface area contributed by atoms with Gasteiger partial charge in [-0.3, -0.25) is 9.59 Å². The van der Waals surface area contributed by atoms with E-state index in [4.69, 9.17) is 33.0 Å². The number of halogens is 2. The molecular formula is C19H13Cl2NO6. The van der Waals surface area contributed by atoms with E-state index in [9.17, 15) is 19.2 Å². The number of hydrogen-bond donors (Lipinski definition) is 2. The second-order valence-corrected chi connectivity index (χ2v) is 6.21. The number of carboxylic acid groups (broad SMARTS) is 1. The average Bonchev–Trinajstić information content (AvgIpc) is 2.64. The van der Waals surface area contributed by atoms with E-state index >= 15 is 0 Å². The molecule has 0 heterocycles. The molecule has 0 aliphatic rings. The summed E-state index contributed by atoms with van der Waals surface area (Å²) in [5.41, 5.74) is 0.695. The molecule has 144 valence electrons. The monoisotopic (exact) mass is 421 g/mol. The number of amides is 1. The van der Waals surface area contributed by atoms with Gasteiger partial charge in [-0.15, -0.1) is 0 Å². The highest BCUT2D eigenvalue weighted by atomic mass is 35.5. The number of ketones is 1. The third kappa shape index (κ3) is 6.22. The van der Waals surface area contributed by atoms with Crippen molar-refractivity contribution in [3.63, 3.8) is 0 Å². The fourth-order valence-electron chi connectivity index (χ4n) is 2.03. The van der Waals surface area contributed by atoms with E-state index in [1.54, 1.807) is 0 Å². The number of Topliss-reactive ketones (excluding diaryl/α,β-unsaturated/α-hetero) is 1. The first-order valence-corrected chi connectivity index (χ1v) is 8.49. The Morgan fingerprint density at radius 2 is 1.68 bits per heavy atom. The van der Waals surface area contributed by atoms with Crippen LogP contribution in [0, 0.1) is 0 Å². The standard InChI is InChI=1S/C19H13Cl2NO6/c20-12-3-6-14(15(21)9-12)16(23)10-28-19(27)11-1-4-13(5-2-11)22-17(24)7-8-18(25)26/h1-9H,10H2,(H,22,24)(H,25,26). The van der Waals surface area contributed by atoms with Crippen molar-refractivity contribution < 1.29 is 29.0 Å².